The third-order valence-corrected chi connectivity index (χ3v) is 9.02. The van der Waals surface area contributed by atoms with Crippen LogP contribution in [0, 0.1) is 0 Å². The number of rotatable bonds is 5. The van der Waals surface area contributed by atoms with Crippen LogP contribution >= 0.6 is 0 Å². The number of hydrogen-bond acceptors (Lipinski definition) is 2. The minimum absolute atomic E-state index is 0.916. The first-order valence-corrected chi connectivity index (χ1v) is 15.7. The van der Waals surface area contributed by atoms with Crippen molar-refractivity contribution in [2.75, 3.05) is 4.90 Å². The van der Waals surface area contributed by atoms with E-state index in [-0.39, 0.29) is 0 Å². The Hall–Kier alpha value is -6.12. The van der Waals surface area contributed by atoms with E-state index in [1.54, 1.807) is 0 Å². The Balaban J connectivity index is 1.19. The molecular weight excluding hydrogens is 558 g/mol. The number of nitrogens with zero attached hydrogens (tertiary/aromatic N) is 1. The second-order valence-electron chi connectivity index (χ2n) is 11.8. The van der Waals surface area contributed by atoms with Gasteiger partial charge in [0.2, 0.25) is 0 Å². The van der Waals surface area contributed by atoms with E-state index >= 15 is 0 Å². The number of furan rings is 1. The van der Waals surface area contributed by atoms with Gasteiger partial charge < -0.3 is 9.32 Å². The normalized spacial score (nSPS) is 11.5. The SMILES string of the molecule is c1ccc(-c2ccc(N(c3ccc4cc(-c5ccccc5)ccc4c3)c3ccc4c(ccc5oc6ccccc6c54)c3)cc2)cc1. The topological polar surface area (TPSA) is 16.4 Å². The van der Waals surface area contributed by atoms with Crippen LogP contribution in [0.1, 0.15) is 0 Å². The van der Waals surface area contributed by atoms with Gasteiger partial charge in [-0.1, -0.05) is 121 Å². The van der Waals surface area contributed by atoms with E-state index in [2.05, 4.69) is 169 Å². The Morgan fingerprint density at radius 2 is 0.870 bits per heavy atom. The molecule has 0 unspecified atom stereocenters. The lowest BCUT2D eigenvalue weighted by molar-refractivity contribution is 0.669. The zero-order valence-corrected chi connectivity index (χ0v) is 25.1. The molecule has 0 aliphatic heterocycles. The molecule has 0 N–H and O–H groups in total. The van der Waals surface area contributed by atoms with Gasteiger partial charge in [0.05, 0.1) is 0 Å². The zero-order chi connectivity index (χ0) is 30.5. The maximum atomic E-state index is 6.19. The summed E-state index contributed by atoms with van der Waals surface area (Å²) < 4.78 is 6.19. The predicted octanol–water partition coefficient (Wildman–Crippen LogP) is 12.7. The first-order valence-electron chi connectivity index (χ1n) is 15.7. The molecule has 1 heterocycles. The molecule has 9 aromatic rings. The fourth-order valence-electron chi connectivity index (χ4n) is 6.74. The minimum Gasteiger partial charge on any atom is -0.456 e. The van der Waals surface area contributed by atoms with Crippen LogP contribution < -0.4 is 4.90 Å². The summed E-state index contributed by atoms with van der Waals surface area (Å²) in [6.07, 6.45) is 0. The smallest absolute Gasteiger partial charge is 0.136 e. The summed E-state index contributed by atoms with van der Waals surface area (Å²) >= 11 is 0. The van der Waals surface area contributed by atoms with Crippen molar-refractivity contribution in [2.24, 2.45) is 0 Å². The molecule has 2 nitrogen and oxygen atoms in total. The third-order valence-electron chi connectivity index (χ3n) is 9.02. The maximum absolute atomic E-state index is 6.19. The average molecular weight is 588 g/mol. The van der Waals surface area contributed by atoms with Crippen LogP contribution in [0.2, 0.25) is 0 Å². The van der Waals surface area contributed by atoms with Crippen LogP contribution in [0.25, 0.3) is 65.7 Å². The van der Waals surface area contributed by atoms with E-state index in [0.717, 1.165) is 33.6 Å². The van der Waals surface area contributed by atoms with Crippen molar-refractivity contribution in [2.45, 2.75) is 0 Å². The van der Waals surface area contributed by atoms with Gasteiger partial charge in [-0.15, -0.1) is 0 Å². The van der Waals surface area contributed by atoms with Crippen LogP contribution in [0.4, 0.5) is 17.1 Å². The zero-order valence-electron chi connectivity index (χ0n) is 25.1. The van der Waals surface area contributed by atoms with Crippen molar-refractivity contribution >= 4 is 60.5 Å². The molecule has 0 aliphatic rings. The predicted molar refractivity (Wildman–Crippen MR) is 194 cm³/mol. The average Bonchev–Trinajstić information content (AvgIpc) is 3.52. The molecule has 0 fully saturated rings. The Morgan fingerprint density at radius 1 is 0.326 bits per heavy atom. The summed E-state index contributed by atoms with van der Waals surface area (Å²) in [4.78, 5) is 2.36. The monoisotopic (exact) mass is 587 g/mol. The fourth-order valence-corrected chi connectivity index (χ4v) is 6.74. The molecule has 0 aliphatic carbocycles. The van der Waals surface area contributed by atoms with Gasteiger partial charge in [0.15, 0.2) is 0 Å². The van der Waals surface area contributed by atoms with Crippen LogP contribution in [0.5, 0.6) is 0 Å². The molecule has 0 amide bonds. The first-order chi connectivity index (χ1) is 22.8. The highest BCUT2D eigenvalue weighted by Gasteiger charge is 2.16. The van der Waals surface area contributed by atoms with Gasteiger partial charge >= 0.3 is 0 Å². The maximum Gasteiger partial charge on any atom is 0.136 e. The molecule has 9 rings (SSSR count). The van der Waals surface area contributed by atoms with E-state index in [0.29, 0.717) is 0 Å². The van der Waals surface area contributed by atoms with Crippen molar-refractivity contribution in [3.8, 4) is 22.3 Å². The molecule has 46 heavy (non-hydrogen) atoms. The van der Waals surface area contributed by atoms with Gasteiger partial charge in [-0.25, -0.2) is 0 Å². The molecular formula is C44H29NO. The first kappa shape index (κ1) is 26.3. The lowest BCUT2D eigenvalue weighted by Gasteiger charge is -2.26. The van der Waals surface area contributed by atoms with Crippen molar-refractivity contribution < 1.29 is 4.42 Å². The van der Waals surface area contributed by atoms with Crippen molar-refractivity contribution in [3.63, 3.8) is 0 Å². The highest BCUT2D eigenvalue weighted by atomic mass is 16.3. The number of anilines is 3. The van der Waals surface area contributed by atoms with Crippen LogP contribution in [0.3, 0.4) is 0 Å². The van der Waals surface area contributed by atoms with E-state index < -0.39 is 0 Å². The Morgan fingerprint density at radius 3 is 1.65 bits per heavy atom. The largest absolute Gasteiger partial charge is 0.456 e. The van der Waals surface area contributed by atoms with Crippen LogP contribution in [-0.2, 0) is 0 Å². The summed E-state index contributed by atoms with van der Waals surface area (Å²) in [7, 11) is 0. The number of hydrogen-bond donors (Lipinski definition) is 0. The highest BCUT2D eigenvalue weighted by Crippen LogP contribution is 2.41. The molecule has 2 heteroatoms. The van der Waals surface area contributed by atoms with Gasteiger partial charge in [-0.2, -0.15) is 0 Å². The van der Waals surface area contributed by atoms with E-state index in [4.69, 9.17) is 4.42 Å². The Bertz CT molecular complexity index is 2510. The Kier molecular flexibility index (Phi) is 6.17. The minimum atomic E-state index is 0.916. The molecule has 0 spiro atoms. The van der Waals surface area contributed by atoms with Gasteiger partial charge in [-0.05, 0) is 98.4 Å². The second-order valence-corrected chi connectivity index (χ2v) is 11.8. The molecule has 0 radical (unpaired) electrons. The number of fused-ring (bicyclic) bond motifs is 6. The molecule has 0 bridgehead atoms. The summed E-state index contributed by atoms with van der Waals surface area (Å²) in [6.45, 7) is 0. The molecule has 8 aromatic carbocycles. The molecule has 0 saturated carbocycles. The second kappa shape index (κ2) is 10.8. The summed E-state index contributed by atoms with van der Waals surface area (Å²) in [5, 5.41) is 7.10. The lowest BCUT2D eigenvalue weighted by Crippen LogP contribution is -2.10. The number of para-hydroxylation sites is 1. The van der Waals surface area contributed by atoms with Gasteiger partial charge in [0, 0.05) is 27.8 Å². The molecule has 0 atom stereocenters. The summed E-state index contributed by atoms with van der Waals surface area (Å²) in [5.41, 5.74) is 10.0. The quantitative estimate of drug-likeness (QED) is 0.199. The summed E-state index contributed by atoms with van der Waals surface area (Å²) in [5.74, 6) is 0. The fraction of sp³-hybridized carbons (Fsp3) is 0. The van der Waals surface area contributed by atoms with Gasteiger partial charge in [0.1, 0.15) is 11.2 Å². The van der Waals surface area contributed by atoms with Gasteiger partial charge in [-0.3, -0.25) is 0 Å². The Labute approximate surface area is 267 Å². The van der Waals surface area contributed by atoms with E-state index in [1.165, 1.54) is 49.2 Å². The summed E-state index contributed by atoms with van der Waals surface area (Å²) in [6, 6.07) is 62.8. The van der Waals surface area contributed by atoms with Gasteiger partial charge in [0.25, 0.3) is 0 Å². The molecule has 1 aromatic heterocycles. The highest BCUT2D eigenvalue weighted by molar-refractivity contribution is 6.19. The standard InChI is InChI=1S/C44H29NO/c1-3-9-30(10-4-1)32-17-21-37(22-18-32)45(38-23-19-34-27-33(15-16-35(34)28-38)31-11-5-2-6-12-31)39-24-25-40-36(29-39)20-26-43-44(40)41-13-7-8-14-42(41)46-43/h1-29H. The van der Waals surface area contributed by atoms with Crippen molar-refractivity contribution in [1.29, 1.82) is 0 Å². The van der Waals surface area contributed by atoms with Crippen molar-refractivity contribution in [3.05, 3.63) is 176 Å². The molecule has 0 saturated heterocycles. The van der Waals surface area contributed by atoms with E-state index in [9.17, 15) is 0 Å². The molecule has 216 valence electrons. The number of benzene rings is 8. The van der Waals surface area contributed by atoms with Crippen LogP contribution in [-0.4, -0.2) is 0 Å². The third kappa shape index (κ3) is 4.51. The lowest BCUT2D eigenvalue weighted by atomic mass is 10.00. The van der Waals surface area contributed by atoms with Crippen LogP contribution in [0.15, 0.2) is 180 Å². The van der Waals surface area contributed by atoms with Crippen molar-refractivity contribution in [1.82, 2.24) is 0 Å². The van der Waals surface area contributed by atoms with E-state index in [1.807, 2.05) is 12.1 Å².